The van der Waals surface area contributed by atoms with E-state index in [9.17, 15) is 13.7 Å². The number of ether oxygens (including phenoxy) is 1. The van der Waals surface area contributed by atoms with Crippen molar-refractivity contribution in [3.8, 4) is 17.2 Å². The number of nitrogens with zero attached hydrogens (tertiary/aromatic N) is 4. The lowest BCUT2D eigenvalue weighted by Crippen LogP contribution is -2.22. The minimum Gasteiger partial charge on any atom is -0.361 e. The molecule has 8 nitrogen and oxygen atoms in total. The van der Waals surface area contributed by atoms with Gasteiger partial charge in [0, 0.05) is 37.2 Å². The van der Waals surface area contributed by atoms with Crippen LogP contribution in [0.15, 0.2) is 48.8 Å². The second-order valence-electron chi connectivity index (χ2n) is 9.73. The number of benzene rings is 1. The highest BCUT2D eigenvalue weighted by atomic mass is 32.2. The number of hydrogen-bond donors (Lipinski definition) is 0. The molecule has 0 atom stereocenters. The van der Waals surface area contributed by atoms with Crippen molar-refractivity contribution in [1.82, 2.24) is 14.5 Å². The van der Waals surface area contributed by atoms with Crippen LogP contribution in [-0.2, 0) is 32.4 Å². The lowest BCUT2D eigenvalue weighted by atomic mass is 10.0. The molecule has 3 aromatic heterocycles. The van der Waals surface area contributed by atoms with Crippen molar-refractivity contribution in [2.24, 2.45) is 0 Å². The quantitative estimate of drug-likeness (QED) is 0.180. The molecule has 0 aliphatic heterocycles. The summed E-state index contributed by atoms with van der Waals surface area (Å²) in [7, 11) is -4.70. The maximum Gasteiger partial charge on any atom is 0.264 e. The maximum absolute atomic E-state index is 11.2. The molecule has 0 aliphatic carbocycles. The van der Waals surface area contributed by atoms with Gasteiger partial charge in [-0.1, -0.05) is 43.9 Å². The zero-order chi connectivity index (χ0) is 25.2. The topological polar surface area (TPSA) is 107 Å². The summed E-state index contributed by atoms with van der Waals surface area (Å²) in [6.07, 6.45) is 4.54. The lowest BCUT2D eigenvalue weighted by molar-refractivity contribution is 0.0925. The first-order valence-electron chi connectivity index (χ1n) is 11.2. The molecule has 0 unspecified atom stereocenters. The lowest BCUT2D eigenvalue weighted by Gasteiger charge is -2.16. The van der Waals surface area contributed by atoms with Crippen LogP contribution in [0.3, 0.4) is 0 Å². The van der Waals surface area contributed by atoms with Gasteiger partial charge in [0.1, 0.15) is 24.1 Å². The molecule has 0 N–H and O–H groups in total. The third kappa shape index (κ3) is 6.13. The highest BCUT2D eigenvalue weighted by molar-refractivity contribution is 7.85. The molecule has 0 bridgehead atoms. The summed E-state index contributed by atoms with van der Waals surface area (Å²) in [6, 6.07) is 14.5. The fourth-order valence-electron chi connectivity index (χ4n) is 3.72. The molecule has 10 heteroatoms. The molecule has 0 saturated heterocycles. The predicted octanol–water partition coefficient (Wildman–Crippen LogP) is 4.91. The number of hydrogen-bond acceptors (Lipinski definition) is 7. The zero-order valence-electron chi connectivity index (χ0n) is 20.3. The van der Waals surface area contributed by atoms with Gasteiger partial charge in [0.2, 0.25) is 0 Å². The minimum absolute atomic E-state index is 0.00841. The van der Waals surface area contributed by atoms with Gasteiger partial charge >= 0.3 is 0 Å². The molecular weight excluding hydrogens is 480 g/mol. The number of rotatable bonds is 9. The fraction of sp³-hybridized carbons (Fsp3) is 0.320. The second kappa shape index (κ2) is 9.87. The second-order valence-corrected chi connectivity index (χ2v) is 17.0. The average molecular weight is 509 g/mol. The summed E-state index contributed by atoms with van der Waals surface area (Å²) in [4.78, 5) is 9.01. The Balaban J connectivity index is 1.68. The van der Waals surface area contributed by atoms with Crippen molar-refractivity contribution >= 4 is 40.1 Å². The Morgan fingerprint density at radius 2 is 1.77 bits per heavy atom. The Morgan fingerprint density at radius 1 is 1.03 bits per heavy atom. The van der Waals surface area contributed by atoms with E-state index in [1.807, 2.05) is 34.9 Å². The number of pyridine rings is 2. The average Bonchev–Trinajstić information content (AvgIpc) is 3.12. The van der Waals surface area contributed by atoms with Gasteiger partial charge in [-0.25, -0.2) is 9.97 Å². The Kier molecular flexibility index (Phi) is 7.05. The fourth-order valence-corrected chi connectivity index (χ4v) is 4.82. The van der Waals surface area contributed by atoms with Crippen molar-refractivity contribution < 1.29 is 17.3 Å². The van der Waals surface area contributed by atoms with Crippen LogP contribution in [0, 0.1) is 11.3 Å². The van der Waals surface area contributed by atoms with Crippen molar-refractivity contribution in [3.63, 3.8) is 0 Å². The van der Waals surface area contributed by atoms with Crippen LogP contribution in [0.1, 0.15) is 11.3 Å². The molecule has 3 heterocycles. The largest absolute Gasteiger partial charge is 0.361 e. The Hall–Kier alpha value is -3.10. The first kappa shape index (κ1) is 25.0. The third-order valence-electron chi connectivity index (χ3n) is 5.64. The summed E-state index contributed by atoms with van der Waals surface area (Å²) >= 11 is 0. The molecule has 182 valence electrons. The molecule has 1 aromatic carbocycles. The highest BCUT2D eigenvalue weighted by Gasteiger charge is 2.16. The molecule has 0 saturated carbocycles. The van der Waals surface area contributed by atoms with E-state index >= 15 is 0 Å². The summed E-state index contributed by atoms with van der Waals surface area (Å²) in [5.74, 6) is 0. The van der Waals surface area contributed by atoms with E-state index < -0.39 is 18.2 Å². The van der Waals surface area contributed by atoms with Crippen molar-refractivity contribution in [2.45, 2.75) is 39.0 Å². The van der Waals surface area contributed by atoms with Crippen LogP contribution in [0.25, 0.3) is 33.1 Å². The van der Waals surface area contributed by atoms with E-state index in [0.717, 1.165) is 50.9 Å². The molecule has 0 spiro atoms. The van der Waals surface area contributed by atoms with Crippen LogP contribution in [0.4, 0.5) is 0 Å². The van der Waals surface area contributed by atoms with Crippen LogP contribution >= 0.6 is 0 Å². The van der Waals surface area contributed by atoms with Gasteiger partial charge in [-0.2, -0.15) is 13.7 Å². The molecular formula is C25H28N4O4SSi. The van der Waals surface area contributed by atoms with Gasteiger partial charge in [0.05, 0.1) is 24.6 Å². The zero-order valence-corrected chi connectivity index (χ0v) is 22.1. The van der Waals surface area contributed by atoms with E-state index in [4.69, 9.17) is 13.9 Å². The summed E-state index contributed by atoms with van der Waals surface area (Å²) in [5.41, 5.74) is 4.57. The molecule has 4 rings (SSSR count). The molecule has 0 aliphatic rings. The number of nitriles is 1. The third-order valence-corrected chi connectivity index (χ3v) is 7.89. The van der Waals surface area contributed by atoms with Gasteiger partial charge in [0.15, 0.2) is 0 Å². The number of aromatic nitrogens is 3. The highest BCUT2D eigenvalue weighted by Crippen LogP contribution is 2.31. The Labute approximate surface area is 206 Å². The molecule has 4 aromatic rings. The Morgan fingerprint density at radius 3 is 2.43 bits per heavy atom. The van der Waals surface area contributed by atoms with Gasteiger partial charge in [-0.3, -0.25) is 8.75 Å². The predicted molar refractivity (Wildman–Crippen MR) is 139 cm³/mol. The monoisotopic (exact) mass is 508 g/mol. The van der Waals surface area contributed by atoms with Gasteiger partial charge in [0.25, 0.3) is 10.1 Å². The van der Waals surface area contributed by atoms with E-state index in [1.54, 1.807) is 18.5 Å². The first-order chi connectivity index (χ1) is 16.5. The Bertz CT molecular complexity index is 1520. The summed E-state index contributed by atoms with van der Waals surface area (Å²) < 4.78 is 35.3. The molecule has 35 heavy (non-hydrogen) atoms. The van der Waals surface area contributed by atoms with Crippen molar-refractivity contribution in [2.75, 3.05) is 12.9 Å². The normalized spacial score (nSPS) is 12.3. The maximum atomic E-state index is 11.2. The van der Waals surface area contributed by atoms with Crippen LogP contribution in [0.2, 0.25) is 25.7 Å². The van der Waals surface area contributed by atoms with E-state index in [0.29, 0.717) is 19.0 Å². The van der Waals surface area contributed by atoms with Crippen LogP contribution in [-0.4, -0.2) is 43.9 Å². The molecule has 0 amide bonds. The van der Waals surface area contributed by atoms with E-state index in [1.165, 1.54) is 0 Å². The van der Waals surface area contributed by atoms with E-state index in [-0.39, 0.29) is 6.61 Å². The van der Waals surface area contributed by atoms with Gasteiger partial charge < -0.3 is 4.74 Å². The first-order valence-corrected chi connectivity index (χ1v) is 16.8. The van der Waals surface area contributed by atoms with Gasteiger partial charge in [-0.05, 0) is 29.3 Å². The standard InChI is InChI=1S/C25H28N4O4SSi/c1-34(30,31)33-16-18-5-7-19(8-6-18)20-11-23-22-12-21(13-26)27-15-24(22)29(25(23)28-14-20)17-32-9-10-35(2,3)4/h5-8,11-12,14-15H,9-10,16-17H2,1-4H3. The SMILES string of the molecule is C[Si](C)(C)CCOCn1c2cnc(C#N)cc2c2cc(-c3ccc(COS(C)(=O)=O)cc3)cnc21. The molecule has 0 radical (unpaired) electrons. The van der Waals surface area contributed by atoms with Crippen LogP contribution < -0.4 is 0 Å². The summed E-state index contributed by atoms with van der Waals surface area (Å²) in [5, 5.41) is 11.2. The van der Waals surface area contributed by atoms with Crippen molar-refractivity contribution in [1.29, 1.82) is 5.26 Å². The van der Waals surface area contributed by atoms with Crippen LogP contribution in [0.5, 0.6) is 0 Å². The number of fused-ring (bicyclic) bond motifs is 3. The smallest absolute Gasteiger partial charge is 0.264 e. The van der Waals surface area contributed by atoms with Gasteiger partial charge in [-0.15, -0.1) is 0 Å². The minimum atomic E-state index is -3.50. The molecule has 0 fully saturated rings. The summed E-state index contributed by atoms with van der Waals surface area (Å²) in [6.45, 7) is 7.99. The van der Waals surface area contributed by atoms with E-state index in [2.05, 4.69) is 30.7 Å². The van der Waals surface area contributed by atoms with Crippen molar-refractivity contribution in [3.05, 3.63) is 60.0 Å².